The monoisotopic (exact) mass is 607 g/mol. The van der Waals surface area contributed by atoms with E-state index in [4.69, 9.17) is 25.6 Å². The lowest BCUT2D eigenvalue weighted by atomic mass is 9.96. The number of hydrogen-bond donors (Lipinski definition) is 3. The Morgan fingerprint density at radius 2 is 1.79 bits per heavy atom. The molecule has 12 nitrogen and oxygen atoms in total. The van der Waals surface area contributed by atoms with Gasteiger partial charge in [-0.05, 0) is 49.4 Å². The zero-order chi connectivity index (χ0) is 30.5. The molecule has 1 amide bonds. The molecule has 3 N–H and O–H groups in total. The smallest absolute Gasteiger partial charge is 0.341 e. The van der Waals surface area contributed by atoms with Crippen molar-refractivity contribution >= 4 is 29.4 Å². The summed E-state index contributed by atoms with van der Waals surface area (Å²) < 4.78 is 15.8. The average molecular weight is 608 g/mol. The highest BCUT2D eigenvalue weighted by atomic mass is 35.5. The number of nitrogens with one attached hydrogen (secondary N) is 1. The van der Waals surface area contributed by atoms with Crippen LogP contribution in [0.25, 0.3) is 22.5 Å². The third-order valence-electron chi connectivity index (χ3n) is 7.19. The first-order chi connectivity index (χ1) is 20.8. The first kappa shape index (κ1) is 29.6. The molecule has 4 aromatic rings. The van der Waals surface area contributed by atoms with Gasteiger partial charge in [0.1, 0.15) is 17.2 Å². The van der Waals surface area contributed by atoms with E-state index in [-0.39, 0.29) is 46.1 Å². The quantitative estimate of drug-likeness (QED) is 0.226. The second kappa shape index (κ2) is 13.0. The van der Waals surface area contributed by atoms with Gasteiger partial charge in [-0.3, -0.25) is 4.79 Å². The fourth-order valence-electron chi connectivity index (χ4n) is 4.85. The van der Waals surface area contributed by atoms with Gasteiger partial charge in [0.2, 0.25) is 5.95 Å². The van der Waals surface area contributed by atoms with Gasteiger partial charge in [-0.15, -0.1) is 0 Å². The van der Waals surface area contributed by atoms with Crippen molar-refractivity contribution < 1.29 is 33.8 Å². The summed E-state index contributed by atoms with van der Waals surface area (Å²) in [6.45, 7) is 3.80. The summed E-state index contributed by atoms with van der Waals surface area (Å²) in [5, 5.41) is 27.5. The van der Waals surface area contributed by atoms with E-state index in [1.165, 1.54) is 18.5 Å². The number of hydrogen-bond acceptors (Lipinski definition) is 11. The van der Waals surface area contributed by atoms with E-state index in [9.17, 15) is 19.8 Å². The number of rotatable bonds is 9. The molecule has 3 heterocycles. The summed E-state index contributed by atoms with van der Waals surface area (Å²) >= 11 is 6.11. The number of phenolic OH excluding ortho intramolecular Hbond substituents is 2. The maximum absolute atomic E-state index is 13.4. The van der Waals surface area contributed by atoms with E-state index in [1.807, 2.05) is 4.90 Å². The number of amides is 1. The number of carbonyl (C=O) groups excluding carboxylic acids is 2. The molecule has 43 heavy (non-hydrogen) atoms. The average Bonchev–Trinajstić information content (AvgIpc) is 3.47. The Morgan fingerprint density at radius 1 is 1.09 bits per heavy atom. The molecule has 0 atom stereocenters. The first-order valence-electron chi connectivity index (χ1n) is 13.7. The normalized spacial score (nSPS) is 13.5. The fraction of sp³-hybridized carbons (Fsp3) is 0.300. The van der Waals surface area contributed by atoms with Crippen LogP contribution in [-0.4, -0.2) is 70.6 Å². The van der Waals surface area contributed by atoms with Crippen molar-refractivity contribution in [1.82, 2.24) is 20.4 Å². The maximum atomic E-state index is 13.4. The molecule has 1 aliphatic heterocycles. The molecule has 224 valence electrons. The number of nitrogens with zero attached hydrogens (tertiary/aromatic N) is 4. The second-order valence-electron chi connectivity index (χ2n) is 9.92. The number of anilines is 1. The van der Waals surface area contributed by atoms with Crippen LogP contribution in [-0.2, 0) is 4.74 Å². The van der Waals surface area contributed by atoms with Crippen LogP contribution in [0.3, 0.4) is 0 Å². The number of aromatic hydroxyl groups is 2. The highest BCUT2D eigenvalue weighted by molar-refractivity contribution is 6.32. The Balaban J connectivity index is 1.29. The third kappa shape index (κ3) is 6.49. The van der Waals surface area contributed by atoms with Gasteiger partial charge >= 0.3 is 5.97 Å². The number of piperidine rings is 1. The van der Waals surface area contributed by atoms with Crippen molar-refractivity contribution in [3.63, 3.8) is 0 Å². The highest BCUT2D eigenvalue weighted by Gasteiger charge is 2.28. The Labute approximate surface area is 252 Å². The number of ether oxygens (including phenoxy) is 2. The largest absolute Gasteiger partial charge is 0.507 e. The van der Waals surface area contributed by atoms with Crippen LogP contribution in [0.5, 0.6) is 17.2 Å². The number of benzene rings is 2. The van der Waals surface area contributed by atoms with Crippen molar-refractivity contribution in [2.75, 3.05) is 38.3 Å². The zero-order valence-corrected chi connectivity index (χ0v) is 24.3. The summed E-state index contributed by atoms with van der Waals surface area (Å²) in [4.78, 5) is 35.9. The van der Waals surface area contributed by atoms with Gasteiger partial charge in [0, 0.05) is 38.1 Å². The number of carbonyl (C=O) groups is 2. The fourth-order valence-corrected chi connectivity index (χ4v) is 5.01. The first-order valence-corrected chi connectivity index (χ1v) is 14.0. The van der Waals surface area contributed by atoms with E-state index in [1.54, 1.807) is 38.3 Å². The molecule has 2 aromatic carbocycles. The highest BCUT2D eigenvalue weighted by Crippen LogP contribution is 2.43. The van der Waals surface area contributed by atoms with Gasteiger partial charge in [-0.1, -0.05) is 28.9 Å². The molecule has 1 saturated heterocycles. The third-order valence-corrected chi connectivity index (χ3v) is 7.50. The van der Waals surface area contributed by atoms with Crippen molar-refractivity contribution in [1.29, 1.82) is 0 Å². The predicted octanol–water partition coefficient (Wildman–Crippen LogP) is 4.69. The van der Waals surface area contributed by atoms with Crippen molar-refractivity contribution in [3.8, 4) is 39.7 Å². The van der Waals surface area contributed by atoms with Gasteiger partial charge in [-0.2, -0.15) is 0 Å². The molecule has 13 heteroatoms. The Kier molecular flexibility index (Phi) is 8.96. The molecule has 0 spiro atoms. The van der Waals surface area contributed by atoms with Crippen molar-refractivity contribution in [3.05, 3.63) is 65.1 Å². The number of phenols is 2. The molecule has 1 fully saturated rings. The molecular formula is C30H30ClN5O7. The summed E-state index contributed by atoms with van der Waals surface area (Å²) in [6, 6.07) is 9.43. The molecule has 0 radical (unpaired) electrons. The number of methoxy groups -OCH3 is 1. The zero-order valence-electron chi connectivity index (χ0n) is 23.5. The molecule has 1 aliphatic rings. The molecule has 0 unspecified atom stereocenters. The van der Waals surface area contributed by atoms with Crippen LogP contribution in [0.15, 0.2) is 53.3 Å². The molecule has 0 aliphatic carbocycles. The summed E-state index contributed by atoms with van der Waals surface area (Å²) in [5.41, 5.74) is 1.47. The van der Waals surface area contributed by atoms with Crippen LogP contribution in [0.2, 0.25) is 5.02 Å². The van der Waals surface area contributed by atoms with Gasteiger partial charge in [0.05, 0.1) is 35.4 Å². The molecule has 2 aromatic heterocycles. The SMILES string of the molecule is CCOC(=O)c1cnc(N2CCC(CNC(=O)c3noc(-c4cc(Cl)c(O)cc4O)c3-c3ccc(OC)cc3)CC2)nc1. The van der Waals surface area contributed by atoms with Gasteiger partial charge in [-0.25, -0.2) is 14.8 Å². The number of esters is 1. The Hall–Kier alpha value is -4.84. The number of halogens is 1. The number of aromatic nitrogens is 3. The van der Waals surface area contributed by atoms with E-state index in [0.717, 1.165) is 18.9 Å². The van der Waals surface area contributed by atoms with E-state index in [2.05, 4.69) is 20.4 Å². The van der Waals surface area contributed by atoms with Crippen molar-refractivity contribution in [2.24, 2.45) is 5.92 Å². The lowest BCUT2D eigenvalue weighted by molar-refractivity contribution is 0.0525. The van der Waals surface area contributed by atoms with Gasteiger partial charge in [0.15, 0.2) is 11.5 Å². The van der Waals surface area contributed by atoms with Crippen LogP contribution in [0.1, 0.15) is 40.6 Å². The minimum Gasteiger partial charge on any atom is -0.507 e. The van der Waals surface area contributed by atoms with E-state index < -0.39 is 11.9 Å². The minimum absolute atomic E-state index is 0.00238. The standard InChI is InChI=1S/C30H30ClN5O7/c1-3-42-29(40)19-15-33-30(34-16-19)36-10-8-17(9-11-36)14-32-28(39)26-25(18-4-6-20(41-2)7-5-18)27(43-35-26)21-12-22(31)24(38)13-23(21)37/h4-7,12-13,15-17,37-38H,3,8-11,14H2,1-2H3,(H,32,39). The van der Waals surface area contributed by atoms with Crippen LogP contribution in [0, 0.1) is 5.92 Å². The Morgan fingerprint density at radius 3 is 2.44 bits per heavy atom. The second-order valence-corrected chi connectivity index (χ2v) is 10.3. The summed E-state index contributed by atoms with van der Waals surface area (Å²) in [5.74, 6) is 0.00453. The molecule has 0 bridgehead atoms. The van der Waals surface area contributed by atoms with Gasteiger partial charge in [0.25, 0.3) is 5.91 Å². The summed E-state index contributed by atoms with van der Waals surface area (Å²) in [6.07, 6.45) is 4.51. The van der Waals surface area contributed by atoms with E-state index in [0.29, 0.717) is 48.0 Å². The van der Waals surface area contributed by atoms with Crippen LogP contribution < -0.4 is 15.0 Å². The molecular weight excluding hydrogens is 578 g/mol. The maximum Gasteiger partial charge on any atom is 0.341 e. The molecule has 5 rings (SSSR count). The molecule has 0 saturated carbocycles. The predicted molar refractivity (Wildman–Crippen MR) is 158 cm³/mol. The van der Waals surface area contributed by atoms with Crippen LogP contribution in [0.4, 0.5) is 5.95 Å². The van der Waals surface area contributed by atoms with Crippen LogP contribution >= 0.6 is 11.6 Å². The minimum atomic E-state index is -0.457. The topological polar surface area (TPSA) is 160 Å². The lowest BCUT2D eigenvalue weighted by Crippen LogP contribution is -2.39. The van der Waals surface area contributed by atoms with Gasteiger partial charge < -0.3 is 34.4 Å². The van der Waals surface area contributed by atoms with Crippen molar-refractivity contribution in [2.45, 2.75) is 19.8 Å². The van der Waals surface area contributed by atoms with E-state index >= 15 is 0 Å². The Bertz CT molecular complexity index is 1600. The lowest BCUT2D eigenvalue weighted by Gasteiger charge is -2.32. The summed E-state index contributed by atoms with van der Waals surface area (Å²) in [7, 11) is 1.55.